The number of nitrogens with two attached hydrogens (primary N) is 1. The summed E-state index contributed by atoms with van der Waals surface area (Å²) in [6, 6.07) is 6.74. The van der Waals surface area contributed by atoms with Crippen molar-refractivity contribution in [3.8, 4) is 11.4 Å². The fourth-order valence-corrected chi connectivity index (χ4v) is 4.21. The third-order valence-electron chi connectivity index (χ3n) is 4.96. The molecule has 0 aliphatic carbocycles. The molecule has 3 aromatic rings. The molecule has 0 spiro atoms. The van der Waals surface area contributed by atoms with Crippen LogP contribution >= 0.6 is 11.3 Å². The molecule has 1 amide bonds. The summed E-state index contributed by atoms with van der Waals surface area (Å²) in [7, 11) is 0. The number of anilines is 1. The number of aromatic nitrogens is 2. The Bertz CT molecular complexity index is 1150. The highest BCUT2D eigenvalue weighted by Gasteiger charge is 2.17. The molecule has 2 aromatic heterocycles. The predicted molar refractivity (Wildman–Crippen MR) is 124 cm³/mol. The maximum absolute atomic E-state index is 12.3. The summed E-state index contributed by atoms with van der Waals surface area (Å²) in [4.78, 5) is 37.2. The van der Waals surface area contributed by atoms with Gasteiger partial charge in [0.25, 0.3) is 5.91 Å². The molecule has 1 aromatic carbocycles. The Morgan fingerprint density at radius 2 is 1.87 bits per heavy atom. The zero-order chi connectivity index (χ0) is 22.7. The number of carbonyl (C=O) groups excluding carboxylic acids is 2. The summed E-state index contributed by atoms with van der Waals surface area (Å²) in [6.45, 7) is 12.2. The molecule has 0 unspecified atom stereocenters. The van der Waals surface area contributed by atoms with Gasteiger partial charge in [-0.3, -0.25) is 4.79 Å². The van der Waals surface area contributed by atoms with E-state index in [9.17, 15) is 9.59 Å². The van der Waals surface area contributed by atoms with Gasteiger partial charge in [0.05, 0.1) is 10.9 Å². The lowest BCUT2D eigenvalue weighted by atomic mass is 10.1. The summed E-state index contributed by atoms with van der Waals surface area (Å²) in [5.74, 6) is 0.125. The second kappa shape index (κ2) is 9.26. The number of amides is 1. The highest BCUT2D eigenvalue weighted by Crippen LogP contribution is 2.33. The summed E-state index contributed by atoms with van der Waals surface area (Å²) in [5, 5.41) is 0.892. The van der Waals surface area contributed by atoms with Gasteiger partial charge in [-0.1, -0.05) is 24.3 Å². The number of thiophene rings is 1. The first-order chi connectivity index (χ1) is 14.7. The molecule has 3 rings (SSSR count). The number of hydrogen-bond acceptors (Lipinski definition) is 7. The molecule has 8 heteroatoms. The predicted octanol–water partition coefficient (Wildman–Crippen LogP) is 4.14. The molecule has 0 radical (unpaired) electrons. The fraction of sp³-hybridized carbons (Fsp3) is 0.304. The maximum Gasteiger partial charge on any atom is 0.338 e. The van der Waals surface area contributed by atoms with Gasteiger partial charge in [-0.2, -0.15) is 0 Å². The molecular formula is C23H26N4O3S. The van der Waals surface area contributed by atoms with E-state index in [0.29, 0.717) is 30.3 Å². The molecule has 2 heterocycles. The summed E-state index contributed by atoms with van der Waals surface area (Å²) in [5.41, 5.74) is 9.21. The van der Waals surface area contributed by atoms with Gasteiger partial charge in [0, 0.05) is 23.5 Å². The number of nitrogens with zero attached hydrogens (tertiary/aromatic N) is 3. The molecule has 0 bridgehead atoms. The van der Waals surface area contributed by atoms with E-state index in [1.54, 1.807) is 40.5 Å². The summed E-state index contributed by atoms with van der Waals surface area (Å²) >= 11 is 1.58. The van der Waals surface area contributed by atoms with E-state index in [4.69, 9.17) is 10.5 Å². The van der Waals surface area contributed by atoms with E-state index < -0.39 is 5.97 Å². The van der Waals surface area contributed by atoms with Gasteiger partial charge in [0.1, 0.15) is 10.6 Å². The summed E-state index contributed by atoms with van der Waals surface area (Å²) < 4.78 is 5.18. The topological polar surface area (TPSA) is 98.4 Å². The van der Waals surface area contributed by atoms with Gasteiger partial charge in [-0.05, 0) is 45.4 Å². The Balaban J connectivity index is 1.71. The average Bonchev–Trinajstić information content (AvgIpc) is 3.03. The van der Waals surface area contributed by atoms with Crippen molar-refractivity contribution in [3.05, 3.63) is 52.4 Å². The van der Waals surface area contributed by atoms with E-state index in [-0.39, 0.29) is 12.5 Å². The van der Waals surface area contributed by atoms with Crippen molar-refractivity contribution in [1.82, 2.24) is 14.9 Å². The van der Waals surface area contributed by atoms with Gasteiger partial charge < -0.3 is 15.4 Å². The molecule has 0 saturated carbocycles. The molecule has 0 fully saturated rings. The molecule has 2 N–H and O–H groups in total. The van der Waals surface area contributed by atoms with Crippen molar-refractivity contribution in [2.24, 2.45) is 0 Å². The number of nitrogen functional groups attached to an aromatic ring is 1. The van der Waals surface area contributed by atoms with Crippen molar-refractivity contribution in [2.45, 2.75) is 27.7 Å². The summed E-state index contributed by atoms with van der Waals surface area (Å²) in [6.07, 6.45) is 0. The van der Waals surface area contributed by atoms with Crippen molar-refractivity contribution < 1.29 is 14.3 Å². The first kappa shape index (κ1) is 22.4. The minimum atomic E-state index is -0.563. The van der Waals surface area contributed by atoms with Crippen LogP contribution in [-0.2, 0) is 9.53 Å². The smallest absolute Gasteiger partial charge is 0.338 e. The Labute approximate surface area is 185 Å². The number of likely N-dealkylation sites (N-methyl/N-ethyl adjacent to an activating group) is 1. The van der Waals surface area contributed by atoms with E-state index in [2.05, 4.69) is 16.5 Å². The number of aryl methyl sites for hydroxylation is 2. The van der Waals surface area contributed by atoms with E-state index in [0.717, 1.165) is 31.8 Å². The van der Waals surface area contributed by atoms with Crippen molar-refractivity contribution >= 4 is 39.2 Å². The Morgan fingerprint density at radius 1 is 1.19 bits per heavy atom. The quantitative estimate of drug-likeness (QED) is 0.440. The second-order valence-electron chi connectivity index (χ2n) is 7.41. The lowest BCUT2D eigenvalue weighted by Crippen LogP contribution is -2.35. The highest BCUT2D eigenvalue weighted by molar-refractivity contribution is 7.18. The normalized spacial score (nSPS) is 10.8. The van der Waals surface area contributed by atoms with Crippen LogP contribution in [0.4, 0.5) is 5.82 Å². The van der Waals surface area contributed by atoms with Crippen LogP contribution in [0.3, 0.4) is 0 Å². The van der Waals surface area contributed by atoms with Gasteiger partial charge >= 0.3 is 5.97 Å². The van der Waals surface area contributed by atoms with E-state index in [1.807, 2.05) is 27.7 Å². The van der Waals surface area contributed by atoms with Gasteiger partial charge in [0.2, 0.25) is 0 Å². The zero-order valence-corrected chi connectivity index (χ0v) is 19.0. The number of esters is 1. The van der Waals surface area contributed by atoms with Crippen LogP contribution in [0.25, 0.3) is 21.6 Å². The van der Waals surface area contributed by atoms with Gasteiger partial charge in [-0.25, -0.2) is 14.8 Å². The Morgan fingerprint density at radius 3 is 2.48 bits per heavy atom. The van der Waals surface area contributed by atoms with Crippen LogP contribution in [-0.4, -0.2) is 46.4 Å². The third kappa shape index (κ3) is 4.91. The second-order valence-corrected chi connectivity index (χ2v) is 8.62. The van der Waals surface area contributed by atoms with Crippen molar-refractivity contribution in [2.75, 3.05) is 25.4 Å². The largest absolute Gasteiger partial charge is 0.452 e. The Kier molecular flexibility index (Phi) is 6.70. The van der Waals surface area contributed by atoms with Crippen LogP contribution in [0.15, 0.2) is 36.4 Å². The molecule has 162 valence electrons. The Hall–Kier alpha value is -3.26. The number of fused-ring (bicyclic) bond motifs is 1. The lowest BCUT2D eigenvalue weighted by molar-refractivity contribution is -0.133. The molecule has 0 aliphatic heterocycles. The first-order valence-electron chi connectivity index (χ1n) is 9.94. The van der Waals surface area contributed by atoms with Gasteiger partial charge in [0.15, 0.2) is 12.4 Å². The zero-order valence-electron chi connectivity index (χ0n) is 18.2. The van der Waals surface area contributed by atoms with Crippen LogP contribution in [0.5, 0.6) is 0 Å². The van der Waals surface area contributed by atoms with Crippen LogP contribution in [0.2, 0.25) is 0 Å². The first-order valence-corrected chi connectivity index (χ1v) is 10.8. The molecular weight excluding hydrogens is 412 g/mol. The molecule has 31 heavy (non-hydrogen) atoms. The van der Waals surface area contributed by atoms with Crippen LogP contribution in [0.1, 0.15) is 34.6 Å². The van der Waals surface area contributed by atoms with E-state index in [1.165, 1.54) is 0 Å². The number of carbonyl (C=O) groups is 2. The van der Waals surface area contributed by atoms with Crippen molar-refractivity contribution in [1.29, 1.82) is 0 Å². The fourth-order valence-electron chi connectivity index (χ4n) is 3.17. The molecule has 0 saturated heterocycles. The van der Waals surface area contributed by atoms with Gasteiger partial charge in [-0.15, -0.1) is 11.3 Å². The number of hydrogen-bond donors (Lipinski definition) is 1. The minimum Gasteiger partial charge on any atom is -0.452 e. The lowest BCUT2D eigenvalue weighted by Gasteiger charge is -2.20. The monoisotopic (exact) mass is 438 g/mol. The molecule has 0 aliphatic rings. The third-order valence-corrected chi connectivity index (χ3v) is 6.06. The standard InChI is InChI=1S/C23H26N4O3S/c1-6-27(11-13(2)3)18(28)12-30-23(29)17-9-7-16(8-10-17)21-25-20(24)19-14(4)15(5)31-22(19)26-21/h7-10H,2,6,11-12H2,1,3-5H3,(H2,24,25,26). The highest BCUT2D eigenvalue weighted by atomic mass is 32.1. The van der Waals surface area contributed by atoms with Crippen LogP contribution in [0, 0.1) is 13.8 Å². The number of ether oxygens (including phenoxy) is 1. The molecule has 0 atom stereocenters. The molecule has 7 nitrogen and oxygen atoms in total. The SMILES string of the molecule is C=C(C)CN(CC)C(=O)COC(=O)c1ccc(-c2nc(N)c3c(C)c(C)sc3n2)cc1. The average molecular weight is 439 g/mol. The van der Waals surface area contributed by atoms with E-state index >= 15 is 0 Å². The van der Waals surface area contributed by atoms with Crippen LogP contribution < -0.4 is 5.73 Å². The number of benzene rings is 1. The maximum atomic E-state index is 12.3. The number of rotatable bonds is 7. The minimum absolute atomic E-state index is 0.255. The van der Waals surface area contributed by atoms with Crippen molar-refractivity contribution in [3.63, 3.8) is 0 Å².